The summed E-state index contributed by atoms with van der Waals surface area (Å²) in [6, 6.07) is 25.9. The number of aliphatic imine (C=N–C) groups is 1. The Hall–Kier alpha value is -4.98. The number of aromatic nitrogens is 2. The highest BCUT2D eigenvalue weighted by molar-refractivity contribution is 6.21. The van der Waals surface area contributed by atoms with Crippen LogP contribution >= 0.6 is 0 Å². The lowest BCUT2D eigenvalue weighted by atomic mass is 10.0. The second-order valence-corrected chi connectivity index (χ2v) is 8.60. The molecule has 0 fully saturated rings. The Morgan fingerprint density at radius 1 is 0.944 bits per heavy atom. The number of carbonyl (C=O) groups is 2. The molecule has 2 aromatic heterocycles. The highest BCUT2D eigenvalue weighted by Crippen LogP contribution is 2.32. The Morgan fingerprint density at radius 2 is 1.67 bits per heavy atom. The molecular formula is C28H22N6O2. The molecule has 5 aromatic rings. The highest BCUT2D eigenvalue weighted by Gasteiger charge is 2.37. The number of hydrogen-bond donors (Lipinski definition) is 2. The Balaban J connectivity index is 1.56. The maximum absolute atomic E-state index is 13.8. The van der Waals surface area contributed by atoms with E-state index in [1.54, 1.807) is 19.3 Å². The third-order valence-electron chi connectivity index (χ3n) is 6.48. The van der Waals surface area contributed by atoms with Gasteiger partial charge in [-0.15, -0.1) is 0 Å². The number of benzodiazepines with no additional fused rings is 1. The van der Waals surface area contributed by atoms with Gasteiger partial charge >= 0.3 is 6.03 Å². The summed E-state index contributed by atoms with van der Waals surface area (Å²) in [5, 5.41) is 1.84. The zero-order valence-corrected chi connectivity index (χ0v) is 19.4. The maximum atomic E-state index is 13.8. The highest BCUT2D eigenvalue weighted by atomic mass is 16.2. The Labute approximate surface area is 206 Å². The third-order valence-corrected chi connectivity index (χ3v) is 6.48. The van der Waals surface area contributed by atoms with E-state index >= 15 is 0 Å². The van der Waals surface area contributed by atoms with Gasteiger partial charge in [0.2, 0.25) is 6.17 Å². The van der Waals surface area contributed by atoms with Crippen molar-refractivity contribution in [3.05, 3.63) is 102 Å². The fraction of sp³-hybridized carbons (Fsp3) is 0.0714. The molecule has 0 saturated heterocycles. The number of benzene rings is 3. The number of nitrogens with one attached hydrogen (secondary N) is 1. The van der Waals surface area contributed by atoms with Crippen molar-refractivity contribution in [3.63, 3.8) is 0 Å². The first-order valence-electron chi connectivity index (χ1n) is 11.5. The number of carbonyl (C=O) groups excluding carboxylic acids is 2. The number of amides is 3. The van der Waals surface area contributed by atoms with Gasteiger partial charge in [0.15, 0.2) is 0 Å². The molecule has 0 aliphatic carbocycles. The van der Waals surface area contributed by atoms with Gasteiger partial charge in [0.1, 0.15) is 5.82 Å². The average Bonchev–Trinajstić information content (AvgIpc) is 3.24. The van der Waals surface area contributed by atoms with E-state index in [1.807, 2.05) is 78.9 Å². The smallest absolute Gasteiger partial charge is 0.322 e. The van der Waals surface area contributed by atoms with Crippen molar-refractivity contribution >= 4 is 51.0 Å². The van der Waals surface area contributed by atoms with Crippen LogP contribution < -0.4 is 15.5 Å². The van der Waals surface area contributed by atoms with E-state index in [-0.39, 0.29) is 5.82 Å². The van der Waals surface area contributed by atoms with Crippen molar-refractivity contribution in [3.8, 4) is 0 Å². The number of H-pyrrole nitrogens is 1. The van der Waals surface area contributed by atoms with Crippen LogP contribution in [0.2, 0.25) is 0 Å². The molecule has 1 aliphatic heterocycles. The SMILES string of the molecule is CN1C(=O)C(N(C(N)=O)c2cc3c(cn2)[nH]c2ccccc23)N=C(c2ccccc2)c2ccccc21. The van der Waals surface area contributed by atoms with Gasteiger partial charge in [-0.1, -0.05) is 66.7 Å². The molecule has 36 heavy (non-hydrogen) atoms. The van der Waals surface area contributed by atoms with Gasteiger partial charge in [-0.2, -0.15) is 0 Å². The van der Waals surface area contributed by atoms with Crippen molar-refractivity contribution in [1.82, 2.24) is 9.97 Å². The van der Waals surface area contributed by atoms with Crippen molar-refractivity contribution in [2.45, 2.75) is 6.17 Å². The molecule has 1 atom stereocenters. The molecule has 8 nitrogen and oxygen atoms in total. The van der Waals surface area contributed by atoms with Gasteiger partial charge in [0.25, 0.3) is 5.91 Å². The van der Waals surface area contributed by atoms with Crippen molar-refractivity contribution in [2.24, 2.45) is 10.7 Å². The number of nitrogens with zero attached hydrogens (tertiary/aromatic N) is 4. The summed E-state index contributed by atoms with van der Waals surface area (Å²) in [4.78, 5) is 42.0. The number of fused-ring (bicyclic) bond motifs is 4. The minimum atomic E-state index is -1.25. The molecule has 0 saturated carbocycles. The van der Waals surface area contributed by atoms with Crippen molar-refractivity contribution < 1.29 is 9.59 Å². The van der Waals surface area contributed by atoms with Crippen molar-refractivity contribution in [1.29, 1.82) is 0 Å². The number of aromatic amines is 1. The first-order chi connectivity index (χ1) is 17.5. The minimum absolute atomic E-state index is 0.244. The summed E-state index contributed by atoms with van der Waals surface area (Å²) >= 11 is 0. The van der Waals surface area contributed by atoms with E-state index in [9.17, 15) is 9.59 Å². The predicted octanol–water partition coefficient (Wildman–Crippen LogP) is 4.44. The molecule has 3 amide bonds. The van der Waals surface area contributed by atoms with Gasteiger partial charge < -0.3 is 15.6 Å². The van der Waals surface area contributed by atoms with Gasteiger partial charge in [-0.25, -0.2) is 19.7 Å². The molecule has 3 heterocycles. The standard InChI is InChI=1S/C28H22N6O2/c1-33-23-14-8-6-12-19(23)25(17-9-3-2-4-10-17)32-26(27(33)35)34(28(29)36)24-15-20-18-11-5-7-13-21(18)31-22(20)16-30-24/h2-16,26,31H,1H3,(H2,29,36). The second kappa shape index (κ2) is 8.35. The van der Waals surface area contributed by atoms with Crippen LogP contribution in [0.1, 0.15) is 11.1 Å². The fourth-order valence-corrected chi connectivity index (χ4v) is 4.73. The Morgan fingerprint density at radius 3 is 2.47 bits per heavy atom. The molecule has 8 heteroatoms. The van der Waals surface area contributed by atoms with Crippen LogP contribution in [0.3, 0.4) is 0 Å². The van der Waals surface area contributed by atoms with E-state index in [0.29, 0.717) is 11.4 Å². The minimum Gasteiger partial charge on any atom is -0.353 e. The molecule has 3 aromatic carbocycles. The number of primary amides is 1. The summed E-state index contributed by atoms with van der Waals surface area (Å²) in [5.41, 5.74) is 10.5. The van der Waals surface area contributed by atoms with Crippen LogP contribution in [-0.4, -0.2) is 40.8 Å². The van der Waals surface area contributed by atoms with Crippen LogP contribution in [0.4, 0.5) is 16.3 Å². The molecule has 6 rings (SSSR count). The normalized spacial score (nSPS) is 15.5. The number of nitrogens with two attached hydrogens (primary N) is 1. The number of urea groups is 1. The average molecular weight is 475 g/mol. The largest absolute Gasteiger partial charge is 0.353 e. The van der Waals surface area contributed by atoms with Crippen LogP contribution in [0.15, 0.2) is 96.1 Å². The molecule has 1 aliphatic rings. The fourth-order valence-electron chi connectivity index (χ4n) is 4.73. The molecule has 3 N–H and O–H groups in total. The molecule has 0 bridgehead atoms. The molecular weight excluding hydrogens is 452 g/mol. The summed E-state index contributed by atoms with van der Waals surface area (Å²) < 4.78 is 0. The van der Waals surface area contributed by atoms with E-state index in [1.165, 1.54) is 4.90 Å². The van der Waals surface area contributed by atoms with Crippen LogP contribution in [0.5, 0.6) is 0 Å². The number of para-hydroxylation sites is 2. The first kappa shape index (κ1) is 21.5. The summed E-state index contributed by atoms with van der Waals surface area (Å²) in [5.74, 6) is -0.151. The van der Waals surface area contributed by atoms with E-state index in [2.05, 4.69) is 9.97 Å². The lowest BCUT2D eigenvalue weighted by Gasteiger charge is -2.28. The van der Waals surface area contributed by atoms with Crippen LogP contribution in [0, 0.1) is 0 Å². The van der Waals surface area contributed by atoms with E-state index in [0.717, 1.165) is 37.8 Å². The van der Waals surface area contributed by atoms with Gasteiger partial charge in [0, 0.05) is 34.5 Å². The van der Waals surface area contributed by atoms with E-state index < -0.39 is 18.1 Å². The lowest BCUT2D eigenvalue weighted by molar-refractivity contribution is -0.119. The quantitative estimate of drug-likeness (QED) is 0.404. The number of rotatable bonds is 3. The monoisotopic (exact) mass is 474 g/mol. The molecule has 176 valence electrons. The number of pyridine rings is 1. The predicted molar refractivity (Wildman–Crippen MR) is 141 cm³/mol. The first-order valence-corrected chi connectivity index (χ1v) is 11.5. The van der Waals surface area contributed by atoms with Crippen molar-refractivity contribution in [2.75, 3.05) is 16.8 Å². The number of likely N-dealkylation sites (N-methyl/N-ethyl adjacent to an activating group) is 1. The second-order valence-electron chi connectivity index (χ2n) is 8.60. The zero-order valence-electron chi connectivity index (χ0n) is 19.4. The summed E-state index contributed by atoms with van der Waals surface area (Å²) in [7, 11) is 1.67. The molecule has 0 spiro atoms. The van der Waals surface area contributed by atoms with Crippen LogP contribution in [0.25, 0.3) is 21.8 Å². The Kier molecular flexibility index (Phi) is 5.00. The number of anilines is 2. The lowest BCUT2D eigenvalue weighted by Crippen LogP contribution is -2.51. The maximum Gasteiger partial charge on any atom is 0.322 e. The number of hydrogen-bond acceptors (Lipinski definition) is 4. The molecule has 0 radical (unpaired) electrons. The van der Waals surface area contributed by atoms with Gasteiger partial charge in [-0.05, 0) is 18.2 Å². The van der Waals surface area contributed by atoms with Gasteiger partial charge in [0.05, 0.1) is 23.1 Å². The van der Waals surface area contributed by atoms with Crippen LogP contribution in [-0.2, 0) is 4.79 Å². The van der Waals surface area contributed by atoms with E-state index in [4.69, 9.17) is 10.7 Å². The zero-order chi connectivity index (χ0) is 24.8. The van der Waals surface area contributed by atoms with Gasteiger partial charge in [-0.3, -0.25) is 4.79 Å². The Bertz CT molecular complexity index is 1670. The topological polar surface area (TPSA) is 108 Å². The summed E-state index contributed by atoms with van der Waals surface area (Å²) in [6.45, 7) is 0. The summed E-state index contributed by atoms with van der Waals surface area (Å²) in [6.07, 6.45) is 0.396. The molecule has 1 unspecified atom stereocenters. The third kappa shape index (κ3) is 3.39.